The van der Waals surface area contributed by atoms with Gasteiger partial charge in [0, 0.05) is 29.9 Å². The number of aromatic nitrogens is 1. The number of piperidine rings is 2. The molecular weight excluding hydrogens is 522 g/mol. The number of carbonyl (C=O) groups excluding carboxylic acids is 2. The highest BCUT2D eigenvalue weighted by molar-refractivity contribution is 6.00. The van der Waals surface area contributed by atoms with Gasteiger partial charge < -0.3 is 29.3 Å². The average Bonchev–Trinajstić information content (AvgIpc) is 3.12. The lowest BCUT2D eigenvalue weighted by Gasteiger charge is -2.48. The standard InChI is InChI=1S/C31H39N5O5/c1-31(2,3)41-30(38)36-23-11-20(12-24(36)17-39-16-23)29(37)35-14-19-5-4-10-32-28(19)33-26-9-7-21(13-27(26)35)34-15-25-8-6-22(34)18-40-25/h4-5,7,9-10,13,20,22-25H,6,8,11-12,14-18H2,1-3H3,(H,32,33). The van der Waals surface area contributed by atoms with E-state index in [1.165, 1.54) is 0 Å². The first-order chi connectivity index (χ1) is 19.7. The number of carbonyl (C=O) groups is 2. The van der Waals surface area contributed by atoms with Crippen LogP contribution < -0.4 is 15.1 Å². The van der Waals surface area contributed by atoms with E-state index in [1.54, 1.807) is 6.20 Å². The first kappa shape index (κ1) is 26.5. The molecule has 5 fully saturated rings. The van der Waals surface area contributed by atoms with E-state index >= 15 is 0 Å². The summed E-state index contributed by atoms with van der Waals surface area (Å²) in [6.07, 6.45) is 5.03. The number of rotatable bonds is 2. The van der Waals surface area contributed by atoms with E-state index in [9.17, 15) is 9.59 Å². The monoisotopic (exact) mass is 561 g/mol. The molecular formula is C31H39N5O5. The second-order valence-electron chi connectivity index (χ2n) is 13.0. The Kier molecular flexibility index (Phi) is 6.58. The summed E-state index contributed by atoms with van der Waals surface area (Å²) < 4.78 is 17.5. The molecule has 10 heteroatoms. The minimum absolute atomic E-state index is 0.0751. The Bertz CT molecular complexity index is 1320. The summed E-state index contributed by atoms with van der Waals surface area (Å²) in [4.78, 5) is 38.4. The number of nitrogens with zero attached hydrogens (tertiary/aromatic N) is 4. The third-order valence-electron chi connectivity index (χ3n) is 9.00. The van der Waals surface area contributed by atoms with Crippen molar-refractivity contribution in [3.8, 4) is 0 Å². The molecule has 10 nitrogen and oxygen atoms in total. The summed E-state index contributed by atoms with van der Waals surface area (Å²) >= 11 is 0. The zero-order valence-corrected chi connectivity index (χ0v) is 24.0. The number of amides is 2. The number of morpholine rings is 2. The van der Waals surface area contributed by atoms with Crippen LogP contribution in [0.5, 0.6) is 0 Å². The van der Waals surface area contributed by atoms with E-state index < -0.39 is 5.60 Å². The van der Waals surface area contributed by atoms with Gasteiger partial charge >= 0.3 is 6.09 Å². The maximum Gasteiger partial charge on any atom is 0.410 e. The van der Waals surface area contributed by atoms with Crippen LogP contribution in [-0.2, 0) is 25.5 Å². The Labute approximate surface area is 240 Å². The highest BCUT2D eigenvalue weighted by atomic mass is 16.6. The van der Waals surface area contributed by atoms with Crippen molar-refractivity contribution in [3.63, 3.8) is 0 Å². The van der Waals surface area contributed by atoms with Gasteiger partial charge in [-0.05, 0) is 70.7 Å². The fourth-order valence-corrected chi connectivity index (χ4v) is 7.10. The molecule has 6 aliphatic rings. The average molecular weight is 562 g/mol. The molecule has 5 saturated heterocycles. The molecule has 4 atom stereocenters. The van der Waals surface area contributed by atoms with Gasteiger partial charge in [-0.1, -0.05) is 6.07 Å². The third-order valence-corrected chi connectivity index (χ3v) is 9.00. The lowest BCUT2D eigenvalue weighted by atomic mass is 9.84. The molecule has 1 aromatic carbocycles. The van der Waals surface area contributed by atoms with Crippen LogP contribution in [0, 0.1) is 5.92 Å². The molecule has 1 aromatic heterocycles. The third kappa shape index (κ3) is 5.01. The lowest BCUT2D eigenvalue weighted by Crippen LogP contribution is -2.61. The SMILES string of the molecule is CC(C)(C)OC(=O)N1C2COCC1CC(C(=O)N1Cc3cccnc3Nc3ccc(N4CC5CCC4CO5)cc31)C2. The molecule has 0 saturated carbocycles. The summed E-state index contributed by atoms with van der Waals surface area (Å²) in [6, 6.07) is 10.3. The lowest BCUT2D eigenvalue weighted by molar-refractivity contribution is -0.131. The van der Waals surface area contributed by atoms with Crippen molar-refractivity contribution in [3.05, 3.63) is 42.1 Å². The number of hydrogen-bond acceptors (Lipinski definition) is 8. The van der Waals surface area contributed by atoms with E-state index in [0.29, 0.717) is 38.6 Å². The first-order valence-electron chi connectivity index (χ1n) is 14.9. The van der Waals surface area contributed by atoms with Gasteiger partial charge in [0.25, 0.3) is 0 Å². The predicted molar refractivity (Wildman–Crippen MR) is 154 cm³/mol. The van der Waals surface area contributed by atoms with E-state index in [0.717, 1.165) is 54.4 Å². The van der Waals surface area contributed by atoms with Gasteiger partial charge in [0.05, 0.1) is 62.0 Å². The van der Waals surface area contributed by atoms with Crippen molar-refractivity contribution >= 4 is 34.9 Å². The number of nitrogens with one attached hydrogen (secondary N) is 1. The Balaban J connectivity index is 1.19. The maximum atomic E-state index is 14.5. The molecule has 41 heavy (non-hydrogen) atoms. The minimum atomic E-state index is -0.583. The van der Waals surface area contributed by atoms with E-state index in [2.05, 4.69) is 33.4 Å². The Morgan fingerprint density at radius 3 is 2.54 bits per heavy atom. The molecule has 0 spiro atoms. The number of anilines is 4. The maximum absolute atomic E-state index is 14.5. The molecule has 0 radical (unpaired) electrons. The predicted octanol–water partition coefficient (Wildman–Crippen LogP) is 4.45. The van der Waals surface area contributed by atoms with Crippen LogP contribution in [0.4, 0.5) is 27.7 Å². The zero-order valence-electron chi connectivity index (χ0n) is 24.0. The Morgan fingerprint density at radius 2 is 1.85 bits per heavy atom. The van der Waals surface area contributed by atoms with Gasteiger partial charge in [-0.15, -0.1) is 0 Å². The van der Waals surface area contributed by atoms with Gasteiger partial charge in [0.2, 0.25) is 5.91 Å². The van der Waals surface area contributed by atoms with Crippen molar-refractivity contribution in [1.82, 2.24) is 9.88 Å². The molecule has 218 valence electrons. The van der Waals surface area contributed by atoms with Crippen molar-refractivity contribution in [2.75, 3.05) is 41.5 Å². The summed E-state index contributed by atoms with van der Waals surface area (Å²) in [5.74, 6) is 0.611. The molecule has 1 N–H and O–H groups in total. The Morgan fingerprint density at radius 1 is 1.05 bits per heavy atom. The molecule has 4 unspecified atom stereocenters. The quantitative estimate of drug-likeness (QED) is 0.575. The summed E-state index contributed by atoms with van der Waals surface area (Å²) in [5.41, 5.74) is 3.24. The van der Waals surface area contributed by atoms with Crippen LogP contribution in [-0.4, -0.2) is 78.1 Å². The molecule has 6 aliphatic heterocycles. The summed E-state index contributed by atoms with van der Waals surface area (Å²) in [5, 5.41) is 3.50. The molecule has 8 rings (SSSR count). The summed E-state index contributed by atoms with van der Waals surface area (Å²) in [6.45, 7) is 8.50. The summed E-state index contributed by atoms with van der Waals surface area (Å²) in [7, 11) is 0. The van der Waals surface area contributed by atoms with E-state index in [-0.39, 0.29) is 36.1 Å². The second-order valence-corrected chi connectivity index (χ2v) is 13.0. The fraction of sp³-hybridized carbons (Fsp3) is 0.581. The molecule has 4 bridgehead atoms. The highest BCUT2D eigenvalue weighted by Crippen LogP contribution is 2.42. The van der Waals surface area contributed by atoms with Gasteiger partial charge in [0.15, 0.2) is 0 Å². The van der Waals surface area contributed by atoms with Crippen LogP contribution >= 0.6 is 0 Å². The minimum Gasteiger partial charge on any atom is -0.444 e. The van der Waals surface area contributed by atoms with Crippen LogP contribution in [0.15, 0.2) is 36.5 Å². The number of fused-ring (bicyclic) bond motifs is 7. The van der Waals surface area contributed by atoms with E-state index in [4.69, 9.17) is 14.2 Å². The van der Waals surface area contributed by atoms with Crippen LogP contribution in [0.3, 0.4) is 0 Å². The van der Waals surface area contributed by atoms with Gasteiger partial charge in [-0.25, -0.2) is 9.78 Å². The van der Waals surface area contributed by atoms with Crippen molar-refractivity contribution in [1.29, 1.82) is 0 Å². The second kappa shape index (κ2) is 10.2. The number of ether oxygens (including phenoxy) is 3. The van der Waals surface area contributed by atoms with Crippen LogP contribution in [0.25, 0.3) is 0 Å². The molecule has 0 aliphatic carbocycles. The van der Waals surface area contributed by atoms with Crippen LogP contribution in [0.2, 0.25) is 0 Å². The van der Waals surface area contributed by atoms with Crippen molar-refractivity contribution in [2.45, 2.75) is 82.8 Å². The molecule has 7 heterocycles. The van der Waals surface area contributed by atoms with Gasteiger partial charge in [-0.2, -0.15) is 0 Å². The molecule has 2 amide bonds. The van der Waals surface area contributed by atoms with Crippen molar-refractivity contribution in [2.24, 2.45) is 5.92 Å². The van der Waals surface area contributed by atoms with Crippen molar-refractivity contribution < 1.29 is 23.8 Å². The fourth-order valence-electron chi connectivity index (χ4n) is 7.10. The topological polar surface area (TPSA) is 96.5 Å². The smallest absolute Gasteiger partial charge is 0.410 e. The number of hydrogen-bond donors (Lipinski definition) is 1. The van der Waals surface area contributed by atoms with Gasteiger partial charge in [0.1, 0.15) is 11.4 Å². The van der Waals surface area contributed by atoms with Crippen LogP contribution in [0.1, 0.15) is 52.0 Å². The number of benzene rings is 1. The van der Waals surface area contributed by atoms with Gasteiger partial charge in [-0.3, -0.25) is 9.69 Å². The number of pyridine rings is 1. The largest absolute Gasteiger partial charge is 0.444 e. The molecule has 2 aromatic rings. The normalized spacial score (nSPS) is 28.8. The zero-order chi connectivity index (χ0) is 28.3. The first-order valence-corrected chi connectivity index (χ1v) is 14.9. The highest BCUT2D eigenvalue weighted by Gasteiger charge is 2.46. The van der Waals surface area contributed by atoms with E-state index in [1.807, 2.05) is 42.7 Å². The Hall–Kier alpha value is -3.37.